The molecule has 27 heavy (non-hydrogen) atoms. The Morgan fingerprint density at radius 1 is 1.41 bits per heavy atom. The second kappa shape index (κ2) is 8.66. The van der Waals surface area contributed by atoms with E-state index in [9.17, 15) is 4.79 Å². The largest absolute Gasteiger partial charge is 0.480 e. The summed E-state index contributed by atoms with van der Waals surface area (Å²) in [7, 11) is 0. The Hall–Kier alpha value is -2.20. The van der Waals surface area contributed by atoms with Gasteiger partial charge in [-0.05, 0) is 76.1 Å². The maximum atomic E-state index is 12.3. The molecule has 1 N–H and O–H groups in total. The van der Waals surface area contributed by atoms with Crippen molar-refractivity contribution in [2.24, 2.45) is 4.99 Å². The highest BCUT2D eigenvalue weighted by Gasteiger charge is 2.24. The summed E-state index contributed by atoms with van der Waals surface area (Å²) in [5.74, 6) is 2.88. The van der Waals surface area contributed by atoms with E-state index < -0.39 is 0 Å². The van der Waals surface area contributed by atoms with Gasteiger partial charge in [0.2, 0.25) is 0 Å². The van der Waals surface area contributed by atoms with E-state index in [-0.39, 0.29) is 12.5 Å². The molecule has 0 aromatic heterocycles. The van der Waals surface area contributed by atoms with Crippen molar-refractivity contribution >= 4 is 62.1 Å². The summed E-state index contributed by atoms with van der Waals surface area (Å²) in [5, 5.41) is 3.93. The molecule has 2 aromatic rings. The van der Waals surface area contributed by atoms with Crippen molar-refractivity contribution < 1.29 is 9.53 Å². The van der Waals surface area contributed by atoms with E-state index in [0.717, 1.165) is 21.3 Å². The van der Waals surface area contributed by atoms with Crippen LogP contribution in [0.1, 0.15) is 11.1 Å². The molecule has 1 saturated heterocycles. The molecule has 0 saturated carbocycles. The minimum absolute atomic E-state index is 0.192. The van der Waals surface area contributed by atoms with Gasteiger partial charge in [-0.25, -0.2) is 4.99 Å². The fourth-order valence-electron chi connectivity index (χ4n) is 2.30. The lowest BCUT2D eigenvalue weighted by Gasteiger charge is -2.05. The van der Waals surface area contributed by atoms with Crippen LogP contribution < -0.4 is 10.1 Å². The van der Waals surface area contributed by atoms with Gasteiger partial charge in [-0.3, -0.25) is 4.79 Å². The molecule has 1 heterocycles. The van der Waals surface area contributed by atoms with Crippen LogP contribution in [0.25, 0.3) is 6.08 Å². The van der Waals surface area contributed by atoms with Crippen molar-refractivity contribution in [2.45, 2.75) is 6.92 Å². The van der Waals surface area contributed by atoms with E-state index in [2.05, 4.69) is 32.2 Å². The average molecular weight is 462 g/mol. The third-order valence-electron chi connectivity index (χ3n) is 3.68. The fraction of sp³-hybridized carbons (Fsp3) is 0.100. The Morgan fingerprint density at radius 3 is 2.96 bits per heavy atom. The predicted molar refractivity (Wildman–Crippen MR) is 115 cm³/mol. The van der Waals surface area contributed by atoms with Crippen LogP contribution in [0, 0.1) is 19.3 Å². The summed E-state index contributed by atoms with van der Waals surface area (Å²) in [5.41, 5.74) is 2.45. The van der Waals surface area contributed by atoms with Crippen LogP contribution in [0.5, 0.6) is 5.75 Å². The number of rotatable bonds is 4. The Morgan fingerprint density at radius 2 is 2.22 bits per heavy atom. The lowest BCUT2D eigenvalue weighted by Crippen LogP contribution is -2.19. The first kappa shape index (κ1) is 19.6. The molecule has 4 nitrogen and oxygen atoms in total. The molecule has 0 aliphatic carbocycles. The highest BCUT2D eigenvalue weighted by Crippen LogP contribution is 2.32. The summed E-state index contributed by atoms with van der Waals surface area (Å²) in [4.78, 5) is 17.3. The first-order valence-electron chi connectivity index (χ1n) is 7.88. The zero-order valence-electron chi connectivity index (χ0n) is 14.3. The lowest BCUT2D eigenvalue weighted by atomic mass is 10.2. The van der Waals surface area contributed by atoms with Crippen LogP contribution in [-0.4, -0.2) is 17.7 Å². The number of benzene rings is 2. The number of thioether (sulfide) groups is 1. The van der Waals surface area contributed by atoms with Crippen molar-refractivity contribution in [1.29, 1.82) is 0 Å². The molecule has 3 rings (SSSR count). The van der Waals surface area contributed by atoms with E-state index in [1.165, 1.54) is 11.8 Å². The third-order valence-corrected chi connectivity index (χ3v) is 5.62. The van der Waals surface area contributed by atoms with Gasteiger partial charge < -0.3 is 10.1 Å². The van der Waals surface area contributed by atoms with E-state index >= 15 is 0 Å². The zero-order valence-corrected chi connectivity index (χ0v) is 17.4. The fourth-order valence-corrected chi connectivity index (χ4v) is 3.82. The summed E-state index contributed by atoms with van der Waals surface area (Å²) in [6, 6.07) is 11.0. The third kappa shape index (κ3) is 4.75. The summed E-state index contributed by atoms with van der Waals surface area (Å²) in [6.45, 7) is 2.08. The van der Waals surface area contributed by atoms with Gasteiger partial charge >= 0.3 is 0 Å². The van der Waals surface area contributed by atoms with Crippen molar-refractivity contribution in [3.8, 4) is 18.1 Å². The minimum Gasteiger partial charge on any atom is -0.480 e. The number of halogens is 2. The zero-order chi connectivity index (χ0) is 19.4. The predicted octanol–water partition coefficient (Wildman–Crippen LogP) is 5.31. The number of terminal acetylenes is 1. The average Bonchev–Trinajstić information content (AvgIpc) is 2.97. The second-order valence-corrected chi connectivity index (χ2v) is 7.84. The molecule has 1 aliphatic heterocycles. The first-order chi connectivity index (χ1) is 13.0. The number of hydrogen-bond donors (Lipinski definition) is 1. The van der Waals surface area contributed by atoms with Crippen molar-refractivity contribution in [2.75, 3.05) is 6.61 Å². The molecule has 0 bridgehead atoms. The number of aliphatic imine (C=N–C) groups is 1. The normalized spacial score (nSPS) is 16.4. The second-order valence-electron chi connectivity index (χ2n) is 5.55. The van der Waals surface area contributed by atoms with E-state index in [0.29, 0.717) is 20.8 Å². The molecule has 136 valence electrons. The van der Waals surface area contributed by atoms with Crippen molar-refractivity contribution in [3.05, 3.63) is 61.9 Å². The summed E-state index contributed by atoms with van der Waals surface area (Å²) < 4.78 is 6.18. The van der Waals surface area contributed by atoms with Gasteiger partial charge in [0.05, 0.1) is 15.1 Å². The first-order valence-corrected chi connectivity index (χ1v) is 9.87. The topological polar surface area (TPSA) is 50.7 Å². The number of hydrogen-bond acceptors (Lipinski definition) is 4. The van der Waals surface area contributed by atoms with Gasteiger partial charge in [0.25, 0.3) is 5.91 Å². The Balaban J connectivity index is 1.81. The smallest absolute Gasteiger partial charge is 0.264 e. The highest BCUT2D eigenvalue weighted by atomic mass is 79.9. The monoisotopic (exact) mass is 460 g/mol. The maximum Gasteiger partial charge on any atom is 0.264 e. The van der Waals surface area contributed by atoms with Crippen molar-refractivity contribution in [1.82, 2.24) is 5.32 Å². The number of amidine groups is 1. The van der Waals surface area contributed by atoms with Gasteiger partial charge in [0, 0.05) is 5.02 Å². The lowest BCUT2D eigenvalue weighted by molar-refractivity contribution is -0.115. The molecule has 1 amide bonds. The molecule has 0 unspecified atom stereocenters. The van der Waals surface area contributed by atoms with Gasteiger partial charge in [-0.15, -0.1) is 6.42 Å². The van der Waals surface area contributed by atoms with Crippen molar-refractivity contribution in [3.63, 3.8) is 0 Å². The van der Waals surface area contributed by atoms with Crippen LogP contribution in [0.2, 0.25) is 5.02 Å². The van der Waals surface area contributed by atoms with Crippen LogP contribution >= 0.6 is 39.3 Å². The standard InChI is InChI=1S/C20H14BrClN2O2S/c1-3-9-26-17-8-7-13(10-14(17)21)11-18-19(25)24-20(27-18)23-16-6-4-5-15(22)12(16)2/h1,4-8,10-11H,9H2,2H3,(H,23,24,25)/b18-11+. The minimum atomic E-state index is -0.192. The molecule has 0 atom stereocenters. The van der Waals surface area contributed by atoms with Crippen LogP contribution in [0.15, 0.2) is 50.8 Å². The number of carbonyl (C=O) groups excluding carboxylic acids is 1. The molecule has 2 aromatic carbocycles. The molecular formula is C20H14BrClN2O2S. The molecule has 0 radical (unpaired) electrons. The molecule has 1 aliphatic rings. The van der Waals surface area contributed by atoms with Gasteiger partial charge in [0.1, 0.15) is 12.4 Å². The van der Waals surface area contributed by atoms with E-state index in [4.69, 9.17) is 22.8 Å². The molecule has 0 spiro atoms. The highest BCUT2D eigenvalue weighted by molar-refractivity contribution is 9.10. The molecule has 7 heteroatoms. The number of nitrogens with one attached hydrogen (secondary N) is 1. The number of amides is 1. The van der Waals surface area contributed by atoms with Crippen LogP contribution in [0.3, 0.4) is 0 Å². The molecule has 1 fully saturated rings. The maximum absolute atomic E-state index is 12.3. The van der Waals surface area contributed by atoms with E-state index in [1.54, 1.807) is 18.2 Å². The van der Waals surface area contributed by atoms with Gasteiger partial charge in [-0.2, -0.15) is 0 Å². The number of carbonyl (C=O) groups is 1. The summed E-state index contributed by atoms with van der Waals surface area (Å²) in [6.07, 6.45) is 7.00. The quantitative estimate of drug-likeness (QED) is 0.495. The Labute approximate surface area is 175 Å². The van der Waals surface area contributed by atoms with Gasteiger partial charge in [-0.1, -0.05) is 29.7 Å². The van der Waals surface area contributed by atoms with Crippen LogP contribution in [0.4, 0.5) is 5.69 Å². The molecular weight excluding hydrogens is 448 g/mol. The van der Waals surface area contributed by atoms with E-state index in [1.807, 2.05) is 31.2 Å². The van der Waals surface area contributed by atoms with Gasteiger partial charge in [0.15, 0.2) is 5.17 Å². The number of nitrogens with zero attached hydrogens (tertiary/aromatic N) is 1. The number of ether oxygens (including phenoxy) is 1. The SMILES string of the molecule is C#CCOc1ccc(/C=C2/SC(=Nc3cccc(Cl)c3C)NC2=O)cc1Br. The summed E-state index contributed by atoms with van der Waals surface area (Å²) >= 11 is 10.9. The Kier molecular flexibility index (Phi) is 6.27. The Bertz CT molecular complexity index is 1010. The van der Waals surface area contributed by atoms with Crippen LogP contribution in [-0.2, 0) is 4.79 Å².